The van der Waals surface area contributed by atoms with Crippen LogP contribution in [0.15, 0.2) is 48.5 Å². The van der Waals surface area contributed by atoms with Crippen LogP contribution in [0.3, 0.4) is 0 Å². The Balaban J connectivity index is 1.55. The number of nitrogens with zero attached hydrogens (tertiary/aromatic N) is 1. The number of carbonyl (C=O) groups is 1. The van der Waals surface area contributed by atoms with E-state index >= 15 is 0 Å². The van der Waals surface area contributed by atoms with Gasteiger partial charge in [0, 0.05) is 0 Å². The molecule has 0 bridgehead atoms. The first-order chi connectivity index (χ1) is 12.1. The van der Waals surface area contributed by atoms with Crippen molar-refractivity contribution in [3.63, 3.8) is 0 Å². The van der Waals surface area contributed by atoms with Gasteiger partial charge in [0.05, 0.1) is 18.1 Å². The van der Waals surface area contributed by atoms with Crippen LogP contribution < -0.4 is 4.74 Å². The van der Waals surface area contributed by atoms with Crippen molar-refractivity contribution >= 4 is 5.97 Å². The lowest BCUT2D eigenvalue weighted by Crippen LogP contribution is -2.12. The molecule has 1 fully saturated rings. The average Bonchev–Trinajstić information content (AvgIpc) is 2.64. The van der Waals surface area contributed by atoms with E-state index in [9.17, 15) is 4.79 Å². The summed E-state index contributed by atoms with van der Waals surface area (Å²) in [6.07, 6.45) is 5.40. The van der Waals surface area contributed by atoms with Gasteiger partial charge < -0.3 is 4.74 Å². The van der Waals surface area contributed by atoms with Gasteiger partial charge >= 0.3 is 5.97 Å². The van der Waals surface area contributed by atoms with Crippen LogP contribution in [0.5, 0.6) is 5.75 Å². The highest BCUT2D eigenvalue weighted by atomic mass is 16.5. The van der Waals surface area contributed by atoms with E-state index in [0.29, 0.717) is 17.2 Å². The van der Waals surface area contributed by atoms with Gasteiger partial charge in [-0.2, -0.15) is 5.26 Å². The van der Waals surface area contributed by atoms with E-state index in [1.165, 1.54) is 31.2 Å². The Bertz CT molecular complexity index is 748. The summed E-state index contributed by atoms with van der Waals surface area (Å²) < 4.78 is 5.33. The molecule has 0 atom stereocenters. The van der Waals surface area contributed by atoms with Gasteiger partial charge in [-0.15, -0.1) is 0 Å². The van der Waals surface area contributed by atoms with Crippen LogP contribution in [0.1, 0.15) is 55.2 Å². The first kappa shape index (κ1) is 17.2. The summed E-state index contributed by atoms with van der Waals surface area (Å²) in [6.45, 7) is 2.33. The van der Waals surface area contributed by atoms with E-state index in [-0.39, 0.29) is 12.4 Å². The topological polar surface area (TPSA) is 50.1 Å². The summed E-state index contributed by atoms with van der Waals surface area (Å²) in [5, 5.41) is 8.78. The van der Waals surface area contributed by atoms with Crippen molar-refractivity contribution in [2.75, 3.05) is 0 Å². The molecule has 1 aliphatic carbocycles. The van der Waals surface area contributed by atoms with E-state index in [2.05, 4.69) is 19.1 Å². The quantitative estimate of drug-likeness (QED) is 0.584. The molecule has 3 nitrogen and oxygen atoms in total. The molecule has 1 saturated carbocycles. The fraction of sp³-hybridized carbons (Fsp3) is 0.364. The molecule has 0 aliphatic heterocycles. The van der Waals surface area contributed by atoms with Gasteiger partial charge in [-0.1, -0.05) is 44.0 Å². The Kier molecular flexibility index (Phi) is 5.50. The highest BCUT2D eigenvalue weighted by Gasteiger charge is 2.19. The number of nitriles is 1. The van der Waals surface area contributed by atoms with Crippen LogP contribution >= 0.6 is 0 Å². The van der Waals surface area contributed by atoms with Crippen molar-refractivity contribution < 1.29 is 9.53 Å². The van der Waals surface area contributed by atoms with E-state index < -0.39 is 0 Å². The van der Waals surface area contributed by atoms with Gasteiger partial charge in [-0.05, 0) is 60.1 Å². The normalized spacial score (nSPS) is 19.8. The summed E-state index contributed by atoms with van der Waals surface area (Å²) in [4.78, 5) is 12.1. The third-order valence-electron chi connectivity index (χ3n) is 5.03. The number of carbonyl (C=O) groups excluding carboxylic acids is 1. The molecular formula is C22H23NO2. The zero-order valence-corrected chi connectivity index (χ0v) is 14.6. The highest BCUT2D eigenvalue weighted by Crippen LogP contribution is 2.35. The largest absolute Gasteiger partial charge is 0.426 e. The van der Waals surface area contributed by atoms with Gasteiger partial charge in [0.15, 0.2) is 0 Å². The maximum Gasteiger partial charge on any atom is 0.315 e. The first-order valence-corrected chi connectivity index (χ1v) is 8.93. The SMILES string of the molecule is CC1CCC(c2ccc(CC(=O)Oc3ccc(C#N)cc3)cc2)CC1. The monoisotopic (exact) mass is 333 g/mol. The maximum atomic E-state index is 12.1. The molecule has 128 valence electrons. The zero-order chi connectivity index (χ0) is 17.6. The van der Waals surface area contributed by atoms with Gasteiger partial charge in [0.2, 0.25) is 0 Å². The third-order valence-corrected chi connectivity index (χ3v) is 5.03. The van der Waals surface area contributed by atoms with Crippen LogP contribution in [0.2, 0.25) is 0 Å². The van der Waals surface area contributed by atoms with Crippen molar-refractivity contribution in [2.45, 2.75) is 44.9 Å². The van der Waals surface area contributed by atoms with Crippen LogP contribution in [0, 0.1) is 17.2 Å². The number of hydrogen-bond acceptors (Lipinski definition) is 3. The van der Waals surface area contributed by atoms with E-state index in [1.807, 2.05) is 18.2 Å². The lowest BCUT2D eigenvalue weighted by Gasteiger charge is -2.26. The molecule has 3 rings (SSSR count). The van der Waals surface area contributed by atoms with Gasteiger partial charge in [-0.25, -0.2) is 0 Å². The van der Waals surface area contributed by atoms with Gasteiger partial charge in [0.25, 0.3) is 0 Å². The second-order valence-corrected chi connectivity index (χ2v) is 6.99. The summed E-state index contributed by atoms with van der Waals surface area (Å²) in [7, 11) is 0. The Morgan fingerprint density at radius 1 is 1.04 bits per heavy atom. The standard InChI is InChI=1S/C22H23NO2/c1-16-2-8-19(9-3-16)20-10-4-17(5-11-20)14-22(24)25-21-12-6-18(15-23)7-13-21/h4-7,10-13,16,19H,2-3,8-9,14H2,1H3. The van der Waals surface area contributed by atoms with Crippen LogP contribution in [0.25, 0.3) is 0 Å². The van der Waals surface area contributed by atoms with Crippen molar-refractivity contribution in [2.24, 2.45) is 5.92 Å². The maximum absolute atomic E-state index is 12.1. The van der Waals surface area contributed by atoms with Crippen molar-refractivity contribution in [1.29, 1.82) is 5.26 Å². The summed E-state index contributed by atoms with van der Waals surface area (Å²) in [6, 6.07) is 17.0. The zero-order valence-electron chi connectivity index (χ0n) is 14.6. The molecule has 0 saturated heterocycles. The molecule has 1 aliphatic rings. The van der Waals surface area contributed by atoms with Gasteiger partial charge in [0.1, 0.15) is 5.75 Å². The molecule has 0 amide bonds. The Labute approximate surface area is 149 Å². The fourth-order valence-corrected chi connectivity index (χ4v) is 3.43. The predicted octanol–water partition coefficient (Wildman–Crippen LogP) is 5.00. The molecule has 2 aromatic rings. The van der Waals surface area contributed by atoms with Crippen molar-refractivity contribution in [3.05, 3.63) is 65.2 Å². The Morgan fingerprint density at radius 2 is 1.68 bits per heavy atom. The molecule has 0 radical (unpaired) electrons. The summed E-state index contributed by atoms with van der Waals surface area (Å²) >= 11 is 0. The Morgan fingerprint density at radius 3 is 2.28 bits per heavy atom. The number of hydrogen-bond donors (Lipinski definition) is 0. The second kappa shape index (κ2) is 7.98. The van der Waals surface area contributed by atoms with Crippen molar-refractivity contribution in [3.8, 4) is 11.8 Å². The van der Waals surface area contributed by atoms with Crippen molar-refractivity contribution in [1.82, 2.24) is 0 Å². The smallest absolute Gasteiger partial charge is 0.315 e. The van der Waals surface area contributed by atoms with Crippen LogP contribution in [-0.4, -0.2) is 5.97 Å². The molecular weight excluding hydrogens is 310 g/mol. The fourth-order valence-electron chi connectivity index (χ4n) is 3.43. The minimum absolute atomic E-state index is 0.252. The second-order valence-electron chi connectivity index (χ2n) is 6.99. The number of ether oxygens (including phenoxy) is 1. The molecule has 2 aromatic carbocycles. The number of benzene rings is 2. The molecule has 0 N–H and O–H groups in total. The molecule has 0 spiro atoms. The van der Waals surface area contributed by atoms with Crippen LogP contribution in [0.4, 0.5) is 0 Å². The number of esters is 1. The van der Waals surface area contributed by atoms with E-state index in [4.69, 9.17) is 10.00 Å². The number of rotatable bonds is 4. The predicted molar refractivity (Wildman–Crippen MR) is 97.3 cm³/mol. The molecule has 0 heterocycles. The van der Waals surface area contributed by atoms with E-state index in [0.717, 1.165) is 11.5 Å². The Hall–Kier alpha value is -2.60. The molecule has 0 aromatic heterocycles. The summed E-state index contributed by atoms with van der Waals surface area (Å²) in [5.74, 6) is 1.70. The molecule has 0 unspecified atom stereocenters. The lowest BCUT2D eigenvalue weighted by molar-refractivity contribution is -0.133. The highest BCUT2D eigenvalue weighted by molar-refractivity contribution is 5.75. The lowest BCUT2D eigenvalue weighted by atomic mass is 9.79. The molecule has 3 heteroatoms. The third kappa shape index (κ3) is 4.70. The molecule has 25 heavy (non-hydrogen) atoms. The summed E-state index contributed by atoms with van der Waals surface area (Å²) in [5.41, 5.74) is 2.90. The van der Waals surface area contributed by atoms with Gasteiger partial charge in [-0.3, -0.25) is 4.79 Å². The van der Waals surface area contributed by atoms with Crippen LogP contribution in [-0.2, 0) is 11.2 Å². The minimum atomic E-state index is -0.288. The minimum Gasteiger partial charge on any atom is -0.426 e. The first-order valence-electron chi connectivity index (χ1n) is 8.93. The average molecular weight is 333 g/mol. The van der Waals surface area contributed by atoms with E-state index in [1.54, 1.807) is 24.3 Å².